The van der Waals surface area contributed by atoms with Crippen molar-refractivity contribution in [2.45, 2.75) is 46.0 Å². The van der Waals surface area contributed by atoms with Crippen LogP contribution in [0.25, 0.3) is 0 Å². The lowest BCUT2D eigenvalue weighted by Gasteiger charge is -2.35. The lowest BCUT2D eigenvalue weighted by atomic mass is 9.91. The summed E-state index contributed by atoms with van der Waals surface area (Å²) in [5.74, 6) is 2.66. The van der Waals surface area contributed by atoms with Gasteiger partial charge in [-0.3, -0.25) is 9.79 Å². The van der Waals surface area contributed by atoms with E-state index in [9.17, 15) is 4.79 Å². The van der Waals surface area contributed by atoms with Crippen molar-refractivity contribution in [2.24, 2.45) is 16.8 Å². The lowest BCUT2D eigenvalue weighted by molar-refractivity contribution is -0.116. The number of likely N-dealkylation sites (tertiary alicyclic amines) is 1. The molecule has 2 heterocycles. The van der Waals surface area contributed by atoms with Crippen LogP contribution in [0.5, 0.6) is 0 Å². The maximum absolute atomic E-state index is 12.0. The van der Waals surface area contributed by atoms with Gasteiger partial charge in [0.05, 0.1) is 6.54 Å². The van der Waals surface area contributed by atoms with Crippen LogP contribution in [0.4, 0.5) is 5.69 Å². The van der Waals surface area contributed by atoms with Crippen LogP contribution in [0, 0.1) is 11.8 Å². The molecule has 0 spiro atoms. The molecule has 30 heavy (non-hydrogen) atoms. The first-order valence-electron chi connectivity index (χ1n) is 11.2. The van der Waals surface area contributed by atoms with Gasteiger partial charge < -0.3 is 20.9 Å². The largest absolute Gasteiger partial charge is 0.357 e. The van der Waals surface area contributed by atoms with E-state index in [4.69, 9.17) is 4.99 Å². The Morgan fingerprint density at radius 2 is 1.93 bits per heavy atom. The number of benzene rings is 1. The molecule has 3 rings (SSSR count). The second kappa shape index (κ2) is 12.5. The molecular weight excluding hydrogens is 489 g/mol. The summed E-state index contributed by atoms with van der Waals surface area (Å²) in [6, 6.07) is 8.05. The molecule has 0 saturated carbocycles. The Morgan fingerprint density at radius 1 is 1.20 bits per heavy atom. The van der Waals surface area contributed by atoms with Gasteiger partial charge in [-0.2, -0.15) is 0 Å². The van der Waals surface area contributed by atoms with Gasteiger partial charge in [-0.25, -0.2) is 0 Å². The van der Waals surface area contributed by atoms with E-state index >= 15 is 0 Å². The van der Waals surface area contributed by atoms with Crippen LogP contribution >= 0.6 is 24.0 Å². The maximum atomic E-state index is 12.0. The molecule has 1 fully saturated rings. The molecule has 168 valence electrons. The van der Waals surface area contributed by atoms with Crippen LogP contribution in [0.1, 0.15) is 51.5 Å². The van der Waals surface area contributed by atoms with Gasteiger partial charge in [0.15, 0.2) is 5.96 Å². The van der Waals surface area contributed by atoms with Crippen molar-refractivity contribution in [3.63, 3.8) is 0 Å². The fourth-order valence-corrected chi connectivity index (χ4v) is 4.69. The minimum absolute atomic E-state index is 0. The number of hydrogen-bond donors (Lipinski definition) is 3. The number of anilines is 1. The Bertz CT molecular complexity index is 701. The minimum atomic E-state index is 0. The highest BCUT2D eigenvalue weighted by Gasteiger charge is 2.24. The molecular formula is C23H38IN5O. The summed E-state index contributed by atoms with van der Waals surface area (Å²) < 4.78 is 0. The van der Waals surface area contributed by atoms with Crippen LogP contribution in [0.15, 0.2) is 29.3 Å². The summed E-state index contributed by atoms with van der Waals surface area (Å²) in [7, 11) is 0. The number of carbonyl (C=O) groups is 1. The molecule has 2 aliphatic rings. The number of guanidine groups is 1. The summed E-state index contributed by atoms with van der Waals surface area (Å²) >= 11 is 0. The van der Waals surface area contributed by atoms with Crippen LogP contribution in [0.2, 0.25) is 0 Å². The van der Waals surface area contributed by atoms with Crippen molar-refractivity contribution in [2.75, 3.05) is 44.6 Å². The number of hydrogen-bond acceptors (Lipinski definition) is 3. The molecule has 1 saturated heterocycles. The Hall–Kier alpha value is -1.35. The van der Waals surface area contributed by atoms with E-state index in [-0.39, 0.29) is 35.8 Å². The summed E-state index contributed by atoms with van der Waals surface area (Å²) in [5, 5.41) is 9.76. The van der Waals surface area contributed by atoms with Crippen molar-refractivity contribution >= 4 is 41.5 Å². The third-order valence-corrected chi connectivity index (χ3v) is 5.81. The van der Waals surface area contributed by atoms with Gasteiger partial charge in [-0.1, -0.05) is 32.0 Å². The number of amides is 1. The number of fused-ring (bicyclic) bond motifs is 1. The topological polar surface area (TPSA) is 68.8 Å². The van der Waals surface area contributed by atoms with Gasteiger partial charge in [-0.15, -0.1) is 24.0 Å². The number of piperidine rings is 1. The van der Waals surface area contributed by atoms with Crippen molar-refractivity contribution in [3.8, 4) is 0 Å². The zero-order chi connectivity index (χ0) is 20.6. The standard InChI is InChI=1S/C23H37N5O.HI/c1-4-24-23(25-10-7-11-28-15-17(2)12-18(3)16-28)26-14-19-13-22(29)27-21-9-6-5-8-20(19)21;/h5-6,8-9,17-19H,4,7,10-16H2,1-3H3,(H,27,29)(H2,24,25,26);1H. The highest BCUT2D eigenvalue weighted by molar-refractivity contribution is 14.0. The number of rotatable bonds is 7. The van der Waals surface area contributed by atoms with E-state index in [1.807, 2.05) is 18.2 Å². The third-order valence-electron chi connectivity index (χ3n) is 5.81. The molecule has 0 radical (unpaired) electrons. The van der Waals surface area contributed by atoms with Crippen molar-refractivity contribution < 1.29 is 4.79 Å². The van der Waals surface area contributed by atoms with Gasteiger partial charge in [-0.05, 0) is 49.8 Å². The average Bonchev–Trinajstić information content (AvgIpc) is 2.68. The van der Waals surface area contributed by atoms with Crippen LogP contribution in [0.3, 0.4) is 0 Å². The molecule has 3 unspecified atom stereocenters. The van der Waals surface area contributed by atoms with Crippen molar-refractivity contribution in [1.82, 2.24) is 15.5 Å². The Kier molecular flexibility index (Phi) is 10.4. The predicted molar refractivity (Wildman–Crippen MR) is 136 cm³/mol. The Morgan fingerprint density at radius 3 is 2.67 bits per heavy atom. The highest BCUT2D eigenvalue weighted by Crippen LogP contribution is 2.32. The molecule has 1 amide bonds. The van der Waals surface area contributed by atoms with Crippen LogP contribution in [-0.4, -0.2) is 56.0 Å². The summed E-state index contributed by atoms with van der Waals surface area (Å²) in [6.07, 6.45) is 2.96. The molecule has 3 atom stereocenters. The number of carbonyl (C=O) groups excluding carboxylic acids is 1. The van der Waals surface area contributed by atoms with Gasteiger partial charge in [0.1, 0.15) is 0 Å². The van der Waals surface area contributed by atoms with E-state index in [2.05, 4.69) is 47.7 Å². The molecule has 1 aromatic rings. The molecule has 6 nitrogen and oxygen atoms in total. The fraction of sp³-hybridized carbons (Fsp3) is 0.652. The predicted octanol–water partition coefficient (Wildman–Crippen LogP) is 3.65. The molecule has 0 aromatic heterocycles. The Labute approximate surface area is 198 Å². The van der Waals surface area contributed by atoms with Gasteiger partial charge in [0, 0.05) is 44.2 Å². The van der Waals surface area contributed by atoms with Gasteiger partial charge in [0.25, 0.3) is 0 Å². The molecule has 1 aromatic carbocycles. The first-order chi connectivity index (χ1) is 14.0. The normalized spacial score (nSPS) is 24.4. The maximum Gasteiger partial charge on any atom is 0.225 e. The SMILES string of the molecule is CCNC(=NCC1CC(=O)Nc2ccccc21)NCCCN1CC(C)CC(C)C1.I. The zero-order valence-corrected chi connectivity index (χ0v) is 20.9. The van der Waals surface area contributed by atoms with E-state index in [1.165, 1.54) is 25.1 Å². The molecule has 0 bridgehead atoms. The van der Waals surface area contributed by atoms with Crippen molar-refractivity contribution in [3.05, 3.63) is 29.8 Å². The first kappa shape index (κ1) is 24.9. The monoisotopic (exact) mass is 527 g/mol. The molecule has 0 aliphatic carbocycles. The molecule has 2 aliphatic heterocycles. The smallest absolute Gasteiger partial charge is 0.225 e. The number of aliphatic imine (C=N–C) groups is 1. The fourth-order valence-electron chi connectivity index (χ4n) is 4.69. The quantitative estimate of drug-likeness (QED) is 0.219. The van der Waals surface area contributed by atoms with Crippen LogP contribution in [-0.2, 0) is 4.79 Å². The minimum Gasteiger partial charge on any atom is -0.357 e. The van der Waals surface area contributed by atoms with Crippen LogP contribution < -0.4 is 16.0 Å². The van der Waals surface area contributed by atoms with E-state index < -0.39 is 0 Å². The third kappa shape index (κ3) is 7.41. The van der Waals surface area contributed by atoms with E-state index in [1.54, 1.807) is 0 Å². The molecule has 7 heteroatoms. The number of nitrogens with zero attached hydrogens (tertiary/aromatic N) is 2. The van der Waals surface area contributed by atoms with E-state index in [0.29, 0.717) is 13.0 Å². The second-order valence-corrected chi connectivity index (χ2v) is 8.74. The summed E-state index contributed by atoms with van der Waals surface area (Å²) in [5.41, 5.74) is 2.10. The lowest BCUT2D eigenvalue weighted by Crippen LogP contribution is -2.42. The van der Waals surface area contributed by atoms with Gasteiger partial charge in [0.2, 0.25) is 5.91 Å². The van der Waals surface area contributed by atoms with Gasteiger partial charge >= 0.3 is 0 Å². The number of nitrogens with one attached hydrogen (secondary N) is 3. The second-order valence-electron chi connectivity index (χ2n) is 8.74. The van der Waals surface area contributed by atoms with E-state index in [0.717, 1.165) is 49.5 Å². The molecule has 3 N–H and O–H groups in total. The number of halogens is 1. The average molecular weight is 527 g/mol. The summed E-state index contributed by atoms with van der Waals surface area (Å²) in [6.45, 7) is 12.7. The number of para-hydroxylation sites is 1. The summed E-state index contributed by atoms with van der Waals surface area (Å²) in [4.78, 5) is 19.4. The van der Waals surface area contributed by atoms with Crippen molar-refractivity contribution in [1.29, 1.82) is 0 Å². The Balaban J connectivity index is 0.00000320. The zero-order valence-electron chi connectivity index (χ0n) is 18.6. The highest BCUT2D eigenvalue weighted by atomic mass is 127. The first-order valence-corrected chi connectivity index (χ1v) is 11.2.